The zero-order valence-corrected chi connectivity index (χ0v) is 14.7. The summed E-state index contributed by atoms with van der Waals surface area (Å²) in [6.07, 6.45) is 7.06. The van der Waals surface area contributed by atoms with E-state index in [2.05, 4.69) is 35.9 Å². The average Bonchev–Trinajstić information content (AvgIpc) is 2.90. The highest BCUT2D eigenvalue weighted by molar-refractivity contribution is 4.90. The summed E-state index contributed by atoms with van der Waals surface area (Å²) in [5, 5.41) is 3.75. The minimum atomic E-state index is 0.571. The van der Waals surface area contributed by atoms with Gasteiger partial charge in [-0.15, -0.1) is 0 Å². The number of hydrogen-bond acceptors (Lipinski definition) is 3. The first kappa shape index (κ1) is 17.2. The Balaban J connectivity index is 1.77. The molecule has 0 atom stereocenters. The Morgan fingerprint density at radius 1 is 1.00 bits per heavy atom. The molecule has 0 radical (unpaired) electrons. The monoisotopic (exact) mass is 295 g/mol. The van der Waals surface area contributed by atoms with Gasteiger partial charge >= 0.3 is 0 Å². The Morgan fingerprint density at radius 3 is 2.19 bits per heavy atom. The van der Waals surface area contributed by atoms with Gasteiger partial charge in [0.15, 0.2) is 0 Å². The summed E-state index contributed by atoms with van der Waals surface area (Å²) in [4.78, 5) is 5.38. The first-order valence-corrected chi connectivity index (χ1v) is 9.29. The quantitative estimate of drug-likeness (QED) is 0.743. The van der Waals surface area contributed by atoms with E-state index < -0.39 is 0 Å². The van der Waals surface area contributed by atoms with Crippen LogP contribution < -0.4 is 5.32 Å². The number of rotatable bonds is 8. The summed E-state index contributed by atoms with van der Waals surface area (Å²) in [7, 11) is 0. The highest BCUT2D eigenvalue weighted by Gasteiger charge is 2.35. The molecular formula is C18H37N3. The third-order valence-electron chi connectivity index (χ3n) is 5.28. The van der Waals surface area contributed by atoms with E-state index in [0.29, 0.717) is 5.41 Å². The zero-order chi connectivity index (χ0) is 15.1. The molecule has 3 heteroatoms. The minimum absolute atomic E-state index is 0.571. The summed E-state index contributed by atoms with van der Waals surface area (Å²) in [6, 6.07) is 0. The highest BCUT2D eigenvalue weighted by Crippen LogP contribution is 2.38. The van der Waals surface area contributed by atoms with Crippen LogP contribution in [0.1, 0.15) is 52.9 Å². The minimum Gasteiger partial charge on any atom is -0.316 e. The van der Waals surface area contributed by atoms with E-state index in [0.717, 1.165) is 5.92 Å². The molecule has 2 aliphatic rings. The van der Waals surface area contributed by atoms with Gasteiger partial charge in [0, 0.05) is 39.3 Å². The molecule has 1 saturated heterocycles. The van der Waals surface area contributed by atoms with Crippen LogP contribution in [0.15, 0.2) is 0 Å². The highest BCUT2D eigenvalue weighted by atomic mass is 15.3. The molecule has 0 unspecified atom stereocenters. The van der Waals surface area contributed by atoms with Gasteiger partial charge < -0.3 is 15.1 Å². The molecule has 21 heavy (non-hydrogen) atoms. The van der Waals surface area contributed by atoms with Crippen molar-refractivity contribution >= 4 is 0 Å². The lowest BCUT2D eigenvalue weighted by Crippen LogP contribution is -2.51. The van der Waals surface area contributed by atoms with Gasteiger partial charge in [0.25, 0.3) is 0 Å². The summed E-state index contributed by atoms with van der Waals surface area (Å²) in [6.45, 7) is 17.1. The van der Waals surface area contributed by atoms with Crippen LogP contribution in [0.5, 0.6) is 0 Å². The van der Waals surface area contributed by atoms with Crippen LogP contribution in [-0.2, 0) is 0 Å². The molecule has 2 fully saturated rings. The van der Waals surface area contributed by atoms with E-state index >= 15 is 0 Å². The van der Waals surface area contributed by atoms with Crippen molar-refractivity contribution in [2.45, 2.75) is 52.9 Å². The van der Waals surface area contributed by atoms with E-state index in [4.69, 9.17) is 0 Å². The van der Waals surface area contributed by atoms with Crippen molar-refractivity contribution in [2.24, 2.45) is 11.3 Å². The maximum Gasteiger partial charge on any atom is 0.0110 e. The molecule has 0 amide bonds. The van der Waals surface area contributed by atoms with Crippen molar-refractivity contribution < 1.29 is 0 Å². The second-order valence-electron chi connectivity index (χ2n) is 7.85. The van der Waals surface area contributed by atoms with Crippen LogP contribution in [0.4, 0.5) is 0 Å². The van der Waals surface area contributed by atoms with Gasteiger partial charge in [0.05, 0.1) is 0 Å². The fourth-order valence-electron chi connectivity index (χ4n) is 4.10. The summed E-state index contributed by atoms with van der Waals surface area (Å²) >= 11 is 0. The molecule has 1 heterocycles. The topological polar surface area (TPSA) is 18.5 Å². The molecule has 124 valence electrons. The molecule has 0 aromatic carbocycles. The van der Waals surface area contributed by atoms with Crippen LogP contribution in [0.2, 0.25) is 0 Å². The lowest BCUT2D eigenvalue weighted by atomic mass is 9.85. The van der Waals surface area contributed by atoms with E-state index in [9.17, 15) is 0 Å². The van der Waals surface area contributed by atoms with Gasteiger partial charge in [0.2, 0.25) is 0 Å². The molecule has 2 rings (SSSR count). The van der Waals surface area contributed by atoms with E-state index in [-0.39, 0.29) is 0 Å². The molecular weight excluding hydrogens is 258 g/mol. The van der Waals surface area contributed by atoms with Crippen molar-refractivity contribution in [1.29, 1.82) is 0 Å². The Kier molecular flexibility index (Phi) is 6.97. The van der Waals surface area contributed by atoms with Crippen molar-refractivity contribution in [3.05, 3.63) is 0 Å². The average molecular weight is 296 g/mol. The van der Waals surface area contributed by atoms with Crippen molar-refractivity contribution in [3.8, 4) is 0 Å². The second-order valence-corrected chi connectivity index (χ2v) is 7.85. The first-order valence-electron chi connectivity index (χ1n) is 9.29. The van der Waals surface area contributed by atoms with Crippen molar-refractivity contribution in [2.75, 3.05) is 52.4 Å². The molecule has 1 aliphatic heterocycles. The van der Waals surface area contributed by atoms with Crippen LogP contribution in [0.3, 0.4) is 0 Å². The molecule has 0 bridgehead atoms. The van der Waals surface area contributed by atoms with E-state index in [1.165, 1.54) is 84.5 Å². The second kappa shape index (κ2) is 8.50. The standard InChI is InChI=1S/C18H37N3/c1-4-9-20-10-12-21(13-11-20)16-18(7-5-6-8-18)15-19-14-17(2)3/h17,19H,4-16H2,1-3H3. The third kappa shape index (κ3) is 5.54. The number of nitrogens with zero attached hydrogens (tertiary/aromatic N) is 2. The number of nitrogens with one attached hydrogen (secondary N) is 1. The molecule has 0 aromatic rings. The molecule has 1 N–H and O–H groups in total. The number of piperazine rings is 1. The fourth-order valence-corrected chi connectivity index (χ4v) is 4.10. The van der Waals surface area contributed by atoms with Gasteiger partial charge in [-0.2, -0.15) is 0 Å². The largest absolute Gasteiger partial charge is 0.316 e. The molecule has 0 aromatic heterocycles. The lowest BCUT2D eigenvalue weighted by molar-refractivity contribution is 0.0848. The maximum absolute atomic E-state index is 3.75. The van der Waals surface area contributed by atoms with Crippen LogP contribution in [0.25, 0.3) is 0 Å². The van der Waals surface area contributed by atoms with Crippen LogP contribution >= 0.6 is 0 Å². The Labute approximate surface area is 132 Å². The van der Waals surface area contributed by atoms with Gasteiger partial charge in [0.1, 0.15) is 0 Å². The maximum atomic E-state index is 3.75. The van der Waals surface area contributed by atoms with Crippen molar-refractivity contribution in [3.63, 3.8) is 0 Å². The predicted molar refractivity (Wildman–Crippen MR) is 91.8 cm³/mol. The van der Waals surface area contributed by atoms with E-state index in [1.807, 2.05) is 0 Å². The molecule has 1 saturated carbocycles. The Morgan fingerprint density at radius 2 is 1.62 bits per heavy atom. The lowest BCUT2D eigenvalue weighted by Gasteiger charge is -2.40. The fraction of sp³-hybridized carbons (Fsp3) is 1.00. The summed E-state index contributed by atoms with van der Waals surface area (Å²) < 4.78 is 0. The molecule has 3 nitrogen and oxygen atoms in total. The van der Waals surface area contributed by atoms with Gasteiger partial charge in [-0.1, -0.05) is 33.6 Å². The zero-order valence-electron chi connectivity index (χ0n) is 14.7. The van der Waals surface area contributed by atoms with Crippen LogP contribution in [-0.4, -0.2) is 62.2 Å². The van der Waals surface area contributed by atoms with Crippen LogP contribution in [0, 0.1) is 11.3 Å². The number of hydrogen-bond donors (Lipinski definition) is 1. The summed E-state index contributed by atoms with van der Waals surface area (Å²) in [5.74, 6) is 0.765. The van der Waals surface area contributed by atoms with Gasteiger partial charge in [-0.3, -0.25) is 0 Å². The van der Waals surface area contributed by atoms with E-state index in [1.54, 1.807) is 0 Å². The van der Waals surface area contributed by atoms with Gasteiger partial charge in [-0.25, -0.2) is 0 Å². The Hall–Kier alpha value is -0.120. The van der Waals surface area contributed by atoms with Gasteiger partial charge in [-0.05, 0) is 43.7 Å². The smallest absolute Gasteiger partial charge is 0.0110 e. The molecule has 0 spiro atoms. The Bertz CT molecular complexity index is 276. The SMILES string of the molecule is CCCN1CCN(CC2(CNCC(C)C)CCCC2)CC1. The predicted octanol–water partition coefficient (Wildman–Crippen LogP) is 2.82. The van der Waals surface area contributed by atoms with Crippen molar-refractivity contribution in [1.82, 2.24) is 15.1 Å². The third-order valence-corrected chi connectivity index (χ3v) is 5.28. The normalized spacial score (nSPS) is 24.0. The summed E-state index contributed by atoms with van der Waals surface area (Å²) in [5.41, 5.74) is 0.571. The molecule has 1 aliphatic carbocycles. The first-order chi connectivity index (χ1) is 10.1.